The van der Waals surface area contributed by atoms with Crippen LogP contribution in [0.3, 0.4) is 0 Å². The van der Waals surface area contributed by atoms with Gasteiger partial charge in [0.1, 0.15) is 5.56 Å². The molecule has 0 saturated carbocycles. The summed E-state index contributed by atoms with van der Waals surface area (Å²) in [6, 6.07) is 2.64. The smallest absolute Gasteiger partial charge is 0.420 e. The third-order valence-corrected chi connectivity index (χ3v) is 1.70. The number of hydrogen-bond donors (Lipinski definition) is 0. The number of rotatable bonds is 2. The second kappa shape index (κ2) is 3.76. The summed E-state index contributed by atoms with van der Waals surface area (Å²) < 4.78 is 41.5. The number of ether oxygens (including phenoxy) is 1. The zero-order chi connectivity index (χ0) is 11.6. The molecule has 15 heavy (non-hydrogen) atoms. The molecule has 0 radical (unpaired) electrons. The standard InChI is InChI=1S/C8H6F3NO3/c1-15-7-5(8(9,10)11)3-2-4-6(7)12(13)14/h2-4H,1H3. The Morgan fingerprint density at radius 2 is 2.00 bits per heavy atom. The first-order valence-electron chi connectivity index (χ1n) is 3.76. The van der Waals surface area contributed by atoms with Crippen LogP contribution in [0.4, 0.5) is 18.9 Å². The molecular formula is C8H6F3NO3. The molecule has 0 aliphatic carbocycles. The van der Waals surface area contributed by atoms with Gasteiger partial charge in [-0.15, -0.1) is 0 Å². The molecule has 0 atom stereocenters. The highest BCUT2D eigenvalue weighted by atomic mass is 19.4. The number of hydrogen-bond acceptors (Lipinski definition) is 3. The van der Waals surface area contributed by atoms with E-state index in [1.165, 1.54) is 0 Å². The van der Waals surface area contributed by atoms with Crippen molar-refractivity contribution >= 4 is 5.69 Å². The molecule has 0 saturated heterocycles. The first-order chi connectivity index (χ1) is 6.88. The van der Waals surface area contributed by atoms with Crippen LogP contribution >= 0.6 is 0 Å². The number of nitrogens with zero attached hydrogens (tertiary/aromatic N) is 1. The molecule has 1 aromatic rings. The molecule has 1 aromatic carbocycles. The molecule has 0 unspecified atom stereocenters. The van der Waals surface area contributed by atoms with Crippen molar-refractivity contribution < 1.29 is 22.8 Å². The monoisotopic (exact) mass is 221 g/mol. The number of halogens is 3. The Morgan fingerprint density at radius 3 is 2.40 bits per heavy atom. The van der Waals surface area contributed by atoms with E-state index in [9.17, 15) is 23.3 Å². The lowest BCUT2D eigenvalue weighted by atomic mass is 10.1. The van der Waals surface area contributed by atoms with Crippen molar-refractivity contribution in [3.05, 3.63) is 33.9 Å². The molecule has 0 aliphatic heterocycles. The number of nitro benzene ring substituents is 1. The van der Waals surface area contributed by atoms with Crippen molar-refractivity contribution in [2.24, 2.45) is 0 Å². The average Bonchev–Trinajstić information content (AvgIpc) is 2.15. The topological polar surface area (TPSA) is 52.4 Å². The summed E-state index contributed by atoms with van der Waals surface area (Å²) in [7, 11) is 0.956. The van der Waals surface area contributed by atoms with E-state index in [2.05, 4.69) is 4.74 Å². The SMILES string of the molecule is COc1c([N+](=O)[O-])cccc1C(F)(F)F. The molecule has 82 valence electrons. The van der Waals surface area contributed by atoms with Gasteiger partial charge >= 0.3 is 11.9 Å². The second-order valence-corrected chi connectivity index (χ2v) is 2.61. The third-order valence-electron chi connectivity index (χ3n) is 1.70. The van der Waals surface area contributed by atoms with Gasteiger partial charge in [0.2, 0.25) is 5.75 Å². The zero-order valence-electron chi connectivity index (χ0n) is 7.54. The van der Waals surface area contributed by atoms with Gasteiger partial charge in [-0.25, -0.2) is 0 Å². The molecule has 1 rings (SSSR count). The Bertz CT molecular complexity index is 389. The summed E-state index contributed by atoms with van der Waals surface area (Å²) in [5, 5.41) is 10.4. The predicted molar refractivity (Wildman–Crippen MR) is 44.7 cm³/mol. The third kappa shape index (κ3) is 2.17. The van der Waals surface area contributed by atoms with E-state index in [4.69, 9.17) is 0 Å². The lowest BCUT2D eigenvalue weighted by Crippen LogP contribution is -2.08. The van der Waals surface area contributed by atoms with Crippen LogP contribution in [0.1, 0.15) is 5.56 Å². The van der Waals surface area contributed by atoms with Crippen LogP contribution in [0.25, 0.3) is 0 Å². The van der Waals surface area contributed by atoms with Gasteiger partial charge in [-0.05, 0) is 6.07 Å². The maximum Gasteiger partial charge on any atom is 0.420 e. The fourth-order valence-electron chi connectivity index (χ4n) is 1.11. The highest BCUT2D eigenvalue weighted by Crippen LogP contribution is 2.40. The summed E-state index contributed by atoms with van der Waals surface area (Å²) >= 11 is 0. The van der Waals surface area contributed by atoms with Crippen molar-refractivity contribution in [1.82, 2.24) is 0 Å². The van der Waals surface area contributed by atoms with E-state index in [1.54, 1.807) is 0 Å². The molecule has 0 spiro atoms. The molecule has 0 aliphatic rings. The summed E-state index contributed by atoms with van der Waals surface area (Å²) in [6.45, 7) is 0. The first kappa shape index (κ1) is 11.3. The van der Waals surface area contributed by atoms with Crippen molar-refractivity contribution in [3.8, 4) is 5.75 Å². The molecule has 0 amide bonds. The van der Waals surface area contributed by atoms with Crippen LogP contribution in [0.2, 0.25) is 0 Å². The fourth-order valence-corrected chi connectivity index (χ4v) is 1.11. The number of para-hydroxylation sites is 1. The molecule has 0 fully saturated rings. The van der Waals surface area contributed by atoms with Crippen molar-refractivity contribution in [2.45, 2.75) is 6.18 Å². The highest BCUT2D eigenvalue weighted by Gasteiger charge is 2.37. The minimum atomic E-state index is -4.67. The lowest BCUT2D eigenvalue weighted by Gasteiger charge is -2.10. The molecule has 4 nitrogen and oxygen atoms in total. The van der Waals surface area contributed by atoms with Gasteiger partial charge in [-0.1, -0.05) is 6.07 Å². The van der Waals surface area contributed by atoms with Crippen molar-refractivity contribution in [3.63, 3.8) is 0 Å². The Kier molecular flexibility index (Phi) is 2.83. The minimum Gasteiger partial charge on any atom is -0.490 e. The highest BCUT2D eigenvalue weighted by molar-refractivity contribution is 5.52. The number of nitro groups is 1. The maximum absolute atomic E-state index is 12.4. The Balaban J connectivity index is 3.42. The zero-order valence-corrected chi connectivity index (χ0v) is 7.54. The number of benzene rings is 1. The number of alkyl halides is 3. The van der Waals surface area contributed by atoms with Crippen LogP contribution in [0.5, 0.6) is 5.75 Å². The fraction of sp³-hybridized carbons (Fsp3) is 0.250. The quantitative estimate of drug-likeness (QED) is 0.569. The molecular weight excluding hydrogens is 215 g/mol. The van der Waals surface area contributed by atoms with Crippen LogP contribution in [0.15, 0.2) is 18.2 Å². The van der Waals surface area contributed by atoms with Gasteiger partial charge in [0.25, 0.3) is 0 Å². The molecule has 0 bridgehead atoms. The van der Waals surface area contributed by atoms with Gasteiger partial charge in [0.05, 0.1) is 12.0 Å². The predicted octanol–water partition coefficient (Wildman–Crippen LogP) is 2.62. The first-order valence-corrected chi connectivity index (χ1v) is 3.76. The van der Waals surface area contributed by atoms with Crippen molar-refractivity contribution in [1.29, 1.82) is 0 Å². The van der Waals surface area contributed by atoms with E-state index in [-0.39, 0.29) is 0 Å². The van der Waals surface area contributed by atoms with Gasteiger partial charge in [0.15, 0.2) is 0 Å². The maximum atomic E-state index is 12.4. The van der Waals surface area contributed by atoms with Crippen molar-refractivity contribution in [2.75, 3.05) is 7.11 Å². The van der Waals surface area contributed by atoms with E-state index in [1.807, 2.05) is 0 Å². The van der Waals surface area contributed by atoms with Gasteiger partial charge in [-0.3, -0.25) is 10.1 Å². The Hall–Kier alpha value is -1.79. The van der Waals surface area contributed by atoms with Crippen LogP contribution in [0, 0.1) is 10.1 Å². The molecule has 7 heteroatoms. The van der Waals surface area contributed by atoms with E-state index >= 15 is 0 Å². The molecule has 0 aromatic heterocycles. The summed E-state index contributed by atoms with van der Waals surface area (Å²) in [4.78, 5) is 9.50. The van der Waals surface area contributed by atoms with Crippen LogP contribution < -0.4 is 4.74 Å². The summed E-state index contributed by atoms with van der Waals surface area (Å²) in [5.41, 5.74) is -1.86. The largest absolute Gasteiger partial charge is 0.490 e. The van der Waals surface area contributed by atoms with Crippen LogP contribution in [-0.2, 0) is 6.18 Å². The molecule has 0 N–H and O–H groups in total. The lowest BCUT2D eigenvalue weighted by molar-refractivity contribution is -0.386. The number of methoxy groups -OCH3 is 1. The summed E-state index contributed by atoms with van der Waals surface area (Å²) in [6.07, 6.45) is -4.67. The van der Waals surface area contributed by atoms with E-state index in [0.717, 1.165) is 25.3 Å². The normalized spacial score (nSPS) is 11.2. The minimum absolute atomic E-state index is 0.702. The van der Waals surface area contributed by atoms with Gasteiger partial charge in [-0.2, -0.15) is 13.2 Å². The van der Waals surface area contributed by atoms with Gasteiger partial charge in [0, 0.05) is 6.07 Å². The van der Waals surface area contributed by atoms with Gasteiger partial charge < -0.3 is 4.74 Å². The Morgan fingerprint density at radius 1 is 1.40 bits per heavy atom. The van der Waals surface area contributed by atoms with E-state index in [0.29, 0.717) is 0 Å². The average molecular weight is 221 g/mol. The summed E-state index contributed by atoms with van der Waals surface area (Å²) in [5.74, 6) is -0.769. The molecule has 0 heterocycles. The van der Waals surface area contributed by atoms with E-state index < -0.39 is 28.1 Å². The second-order valence-electron chi connectivity index (χ2n) is 2.61. The Labute approximate surface area is 82.4 Å². The van der Waals surface area contributed by atoms with Crippen LogP contribution in [-0.4, -0.2) is 12.0 Å².